The van der Waals surface area contributed by atoms with Crippen molar-refractivity contribution in [3.63, 3.8) is 0 Å². The van der Waals surface area contributed by atoms with Crippen molar-refractivity contribution in [3.05, 3.63) is 77.8 Å². The molecule has 0 aliphatic carbocycles. The van der Waals surface area contributed by atoms with Crippen LogP contribution in [0, 0.1) is 6.92 Å². The fourth-order valence-corrected chi connectivity index (χ4v) is 2.79. The number of aryl methyl sites for hydroxylation is 1. The van der Waals surface area contributed by atoms with Crippen molar-refractivity contribution in [2.75, 3.05) is 0 Å². The number of imidazole rings is 1. The molecule has 0 N–H and O–H groups in total. The standard InChI is InChI=1S/C20H23N3O2/c1-15(2)23(20(24)18-9-6-12-25-18)14-19-21-10-11-22(19)13-17-8-5-4-7-16(17)3/h4-12,15H,13-14H2,1-3H3. The minimum absolute atomic E-state index is 0.0428. The molecule has 0 saturated carbocycles. The summed E-state index contributed by atoms with van der Waals surface area (Å²) in [6, 6.07) is 11.8. The molecule has 2 aromatic heterocycles. The molecule has 0 saturated heterocycles. The summed E-state index contributed by atoms with van der Waals surface area (Å²) >= 11 is 0. The second-order valence-corrected chi connectivity index (χ2v) is 6.40. The van der Waals surface area contributed by atoms with Gasteiger partial charge in [0.15, 0.2) is 5.76 Å². The molecule has 0 aliphatic heterocycles. The topological polar surface area (TPSA) is 51.3 Å². The zero-order valence-corrected chi connectivity index (χ0v) is 14.8. The first kappa shape index (κ1) is 17.0. The van der Waals surface area contributed by atoms with Crippen LogP contribution in [0.4, 0.5) is 0 Å². The zero-order valence-electron chi connectivity index (χ0n) is 14.8. The largest absolute Gasteiger partial charge is 0.459 e. The van der Waals surface area contributed by atoms with Gasteiger partial charge in [0.2, 0.25) is 0 Å². The van der Waals surface area contributed by atoms with Gasteiger partial charge in [-0.3, -0.25) is 4.79 Å². The molecule has 5 nitrogen and oxygen atoms in total. The van der Waals surface area contributed by atoms with Crippen molar-refractivity contribution in [3.8, 4) is 0 Å². The first-order valence-electron chi connectivity index (χ1n) is 8.45. The van der Waals surface area contributed by atoms with Crippen molar-refractivity contribution in [2.45, 2.75) is 39.9 Å². The summed E-state index contributed by atoms with van der Waals surface area (Å²) in [6.45, 7) is 7.27. The minimum atomic E-state index is -0.120. The predicted octanol–water partition coefficient (Wildman–Crippen LogP) is 3.88. The first-order chi connectivity index (χ1) is 12.1. The van der Waals surface area contributed by atoms with Gasteiger partial charge in [-0.2, -0.15) is 0 Å². The summed E-state index contributed by atoms with van der Waals surface area (Å²) < 4.78 is 7.36. The van der Waals surface area contributed by atoms with Crippen molar-refractivity contribution >= 4 is 5.91 Å². The molecule has 5 heteroatoms. The minimum Gasteiger partial charge on any atom is -0.459 e. The average Bonchev–Trinajstić information content (AvgIpc) is 3.26. The summed E-state index contributed by atoms with van der Waals surface area (Å²) in [5.74, 6) is 1.09. The molecule has 0 radical (unpaired) electrons. The van der Waals surface area contributed by atoms with Crippen LogP contribution in [0.1, 0.15) is 41.4 Å². The third-order valence-corrected chi connectivity index (χ3v) is 4.33. The van der Waals surface area contributed by atoms with E-state index in [2.05, 4.69) is 28.6 Å². The van der Waals surface area contributed by atoms with Crippen LogP contribution in [-0.4, -0.2) is 26.4 Å². The Hall–Kier alpha value is -2.82. The van der Waals surface area contributed by atoms with Gasteiger partial charge in [-0.05, 0) is 44.0 Å². The summed E-state index contributed by atoms with van der Waals surface area (Å²) in [5, 5.41) is 0. The SMILES string of the molecule is Cc1ccccc1Cn1ccnc1CN(C(=O)c1ccco1)C(C)C. The summed E-state index contributed by atoms with van der Waals surface area (Å²) in [5.41, 5.74) is 2.49. The van der Waals surface area contributed by atoms with Crippen LogP contribution in [0.3, 0.4) is 0 Å². The zero-order chi connectivity index (χ0) is 17.8. The monoisotopic (exact) mass is 337 g/mol. The molecule has 3 rings (SSSR count). The Bertz CT molecular complexity index is 834. The number of hydrogen-bond donors (Lipinski definition) is 0. The number of hydrogen-bond acceptors (Lipinski definition) is 3. The molecule has 1 amide bonds. The van der Waals surface area contributed by atoms with Crippen LogP contribution < -0.4 is 0 Å². The van der Waals surface area contributed by atoms with E-state index in [-0.39, 0.29) is 11.9 Å². The van der Waals surface area contributed by atoms with E-state index in [1.807, 2.05) is 32.2 Å². The fourth-order valence-electron chi connectivity index (χ4n) is 2.79. The van der Waals surface area contributed by atoms with Crippen molar-refractivity contribution in [1.29, 1.82) is 0 Å². The second kappa shape index (κ2) is 7.38. The van der Waals surface area contributed by atoms with Gasteiger partial charge in [0.05, 0.1) is 12.8 Å². The maximum atomic E-state index is 12.7. The molecule has 3 aromatic rings. The predicted molar refractivity (Wildman–Crippen MR) is 96.2 cm³/mol. The van der Waals surface area contributed by atoms with E-state index in [0.717, 1.165) is 12.4 Å². The van der Waals surface area contributed by atoms with Crippen LogP contribution in [0.25, 0.3) is 0 Å². The third kappa shape index (κ3) is 3.82. The lowest BCUT2D eigenvalue weighted by Gasteiger charge is -2.26. The molecule has 130 valence electrons. The third-order valence-electron chi connectivity index (χ3n) is 4.33. The van der Waals surface area contributed by atoms with Crippen LogP contribution in [0.2, 0.25) is 0 Å². The maximum absolute atomic E-state index is 12.7. The first-order valence-corrected chi connectivity index (χ1v) is 8.45. The number of carbonyl (C=O) groups excluding carboxylic acids is 1. The van der Waals surface area contributed by atoms with E-state index in [4.69, 9.17) is 4.42 Å². The number of carbonyl (C=O) groups is 1. The number of benzene rings is 1. The highest BCUT2D eigenvalue weighted by molar-refractivity contribution is 5.91. The van der Waals surface area contributed by atoms with E-state index in [1.165, 1.54) is 17.4 Å². The van der Waals surface area contributed by atoms with Crippen molar-refractivity contribution in [2.24, 2.45) is 0 Å². The molecule has 0 fully saturated rings. The van der Waals surface area contributed by atoms with Crippen LogP contribution in [0.15, 0.2) is 59.5 Å². The van der Waals surface area contributed by atoms with Gasteiger partial charge in [0, 0.05) is 25.0 Å². The molecule has 0 aliphatic rings. The van der Waals surface area contributed by atoms with E-state index in [0.29, 0.717) is 12.3 Å². The molecule has 1 aromatic carbocycles. The highest BCUT2D eigenvalue weighted by Gasteiger charge is 2.23. The molecular formula is C20H23N3O2. The lowest BCUT2D eigenvalue weighted by atomic mass is 10.1. The highest BCUT2D eigenvalue weighted by Crippen LogP contribution is 2.15. The molecule has 0 unspecified atom stereocenters. The van der Waals surface area contributed by atoms with Crippen LogP contribution >= 0.6 is 0 Å². The lowest BCUT2D eigenvalue weighted by molar-refractivity contribution is 0.0650. The quantitative estimate of drug-likeness (QED) is 0.686. The van der Waals surface area contributed by atoms with Gasteiger partial charge in [0.25, 0.3) is 5.91 Å². The molecular weight excluding hydrogens is 314 g/mol. The van der Waals surface area contributed by atoms with Crippen LogP contribution in [0.5, 0.6) is 0 Å². The Morgan fingerprint density at radius 3 is 2.72 bits per heavy atom. The fraction of sp³-hybridized carbons (Fsp3) is 0.300. The summed E-state index contributed by atoms with van der Waals surface area (Å²) in [7, 11) is 0. The van der Waals surface area contributed by atoms with E-state index < -0.39 is 0 Å². The smallest absolute Gasteiger partial charge is 0.290 e. The highest BCUT2D eigenvalue weighted by atomic mass is 16.3. The van der Waals surface area contributed by atoms with Gasteiger partial charge in [-0.1, -0.05) is 24.3 Å². The van der Waals surface area contributed by atoms with Gasteiger partial charge in [0.1, 0.15) is 5.82 Å². The van der Waals surface area contributed by atoms with Gasteiger partial charge >= 0.3 is 0 Å². The Labute approximate surface area is 147 Å². The lowest BCUT2D eigenvalue weighted by Crippen LogP contribution is -2.37. The maximum Gasteiger partial charge on any atom is 0.290 e. The Balaban J connectivity index is 1.81. The summed E-state index contributed by atoms with van der Waals surface area (Å²) in [6.07, 6.45) is 5.26. The number of furan rings is 1. The molecule has 2 heterocycles. The Kier molecular flexibility index (Phi) is 5.03. The van der Waals surface area contributed by atoms with E-state index >= 15 is 0 Å². The van der Waals surface area contributed by atoms with Gasteiger partial charge in [-0.15, -0.1) is 0 Å². The van der Waals surface area contributed by atoms with E-state index in [9.17, 15) is 4.79 Å². The Morgan fingerprint density at radius 2 is 2.04 bits per heavy atom. The molecule has 0 spiro atoms. The number of aromatic nitrogens is 2. The number of rotatable bonds is 6. The molecule has 0 atom stereocenters. The summed E-state index contributed by atoms with van der Waals surface area (Å²) in [4.78, 5) is 18.9. The normalized spacial score (nSPS) is 11.0. The van der Waals surface area contributed by atoms with Crippen molar-refractivity contribution in [1.82, 2.24) is 14.5 Å². The van der Waals surface area contributed by atoms with Gasteiger partial charge in [-0.25, -0.2) is 4.98 Å². The Morgan fingerprint density at radius 1 is 1.24 bits per heavy atom. The van der Waals surface area contributed by atoms with Crippen LogP contribution in [-0.2, 0) is 13.1 Å². The average molecular weight is 337 g/mol. The second-order valence-electron chi connectivity index (χ2n) is 6.40. The molecule has 25 heavy (non-hydrogen) atoms. The van der Waals surface area contributed by atoms with Crippen molar-refractivity contribution < 1.29 is 9.21 Å². The number of nitrogens with zero attached hydrogens (tertiary/aromatic N) is 3. The van der Waals surface area contributed by atoms with E-state index in [1.54, 1.807) is 23.2 Å². The van der Waals surface area contributed by atoms with Gasteiger partial charge < -0.3 is 13.9 Å². The number of amides is 1. The molecule has 0 bridgehead atoms.